The summed E-state index contributed by atoms with van der Waals surface area (Å²) in [6, 6.07) is 2.28. The van der Waals surface area contributed by atoms with Crippen molar-refractivity contribution in [2.24, 2.45) is 0 Å². The van der Waals surface area contributed by atoms with Crippen LogP contribution in [-0.2, 0) is 0 Å². The zero-order valence-corrected chi connectivity index (χ0v) is 10.2. The summed E-state index contributed by atoms with van der Waals surface area (Å²) in [7, 11) is 0. The predicted molar refractivity (Wildman–Crippen MR) is 60.8 cm³/mol. The van der Waals surface area contributed by atoms with E-state index in [-0.39, 0.29) is 38.6 Å². The lowest BCUT2D eigenvalue weighted by atomic mass is 9.87. The van der Waals surface area contributed by atoms with Crippen LogP contribution in [0.1, 0.15) is 32.0 Å². The first-order valence-electron chi connectivity index (χ1n) is 4.82. The predicted octanol–water partition coefficient (Wildman–Crippen LogP) is 1.62. The topological polar surface area (TPSA) is 101 Å². The molecule has 0 bridgehead atoms. The van der Waals surface area contributed by atoms with Crippen molar-refractivity contribution >= 4 is 27.5 Å². The Labute approximate surface area is 108 Å². The number of hydrogen-bond donors (Lipinski definition) is 2. The summed E-state index contributed by atoms with van der Waals surface area (Å²) in [6.45, 7) is 0. The van der Waals surface area contributed by atoms with Crippen LogP contribution in [0.3, 0.4) is 0 Å². The van der Waals surface area contributed by atoms with E-state index < -0.39 is 11.6 Å². The van der Waals surface area contributed by atoms with Crippen molar-refractivity contribution in [1.29, 1.82) is 0 Å². The monoisotopic (exact) mass is 309 g/mol. The van der Waals surface area contributed by atoms with Crippen molar-refractivity contribution in [3.63, 3.8) is 0 Å². The highest BCUT2D eigenvalue weighted by Crippen LogP contribution is 2.39. The van der Waals surface area contributed by atoms with Crippen LogP contribution in [0, 0.1) is 0 Å². The number of hydrogen-bond acceptors (Lipinski definition) is 6. The molecule has 0 saturated carbocycles. The van der Waals surface area contributed by atoms with Crippen molar-refractivity contribution in [3.05, 3.63) is 39.2 Å². The van der Waals surface area contributed by atoms with E-state index in [4.69, 9.17) is 4.52 Å². The number of phenolic OH excluding ortho intramolecular Hbond substituents is 2. The van der Waals surface area contributed by atoms with Gasteiger partial charge in [-0.05, 0) is 28.1 Å². The number of aromatic nitrogens is 1. The molecule has 0 fully saturated rings. The van der Waals surface area contributed by atoms with Crippen molar-refractivity contribution in [2.45, 2.75) is 0 Å². The van der Waals surface area contributed by atoms with Crippen LogP contribution >= 0.6 is 15.9 Å². The highest BCUT2D eigenvalue weighted by Gasteiger charge is 2.39. The number of fused-ring (bicyclic) bond motifs is 2. The second-order valence-electron chi connectivity index (χ2n) is 3.69. The minimum atomic E-state index is -0.689. The zero-order chi connectivity index (χ0) is 13.0. The van der Waals surface area contributed by atoms with Crippen LogP contribution in [0.4, 0.5) is 0 Å². The Morgan fingerprint density at radius 3 is 2.17 bits per heavy atom. The molecule has 2 N–H and O–H groups in total. The van der Waals surface area contributed by atoms with Gasteiger partial charge in [0.1, 0.15) is 17.1 Å². The molecule has 1 heterocycles. The van der Waals surface area contributed by atoms with Crippen LogP contribution in [-0.4, -0.2) is 26.9 Å². The minimum absolute atomic E-state index is 0.0478. The van der Waals surface area contributed by atoms with Gasteiger partial charge in [0.2, 0.25) is 17.3 Å². The third kappa shape index (κ3) is 1.19. The largest absolute Gasteiger partial charge is 0.507 e. The second-order valence-corrected chi connectivity index (χ2v) is 4.44. The van der Waals surface area contributed by atoms with E-state index in [0.717, 1.165) is 12.1 Å². The Kier molecular flexibility index (Phi) is 2.09. The van der Waals surface area contributed by atoms with Crippen molar-refractivity contribution in [2.75, 3.05) is 0 Å². The number of aromatic hydroxyl groups is 2. The van der Waals surface area contributed by atoms with Crippen molar-refractivity contribution < 1.29 is 24.3 Å². The van der Waals surface area contributed by atoms with Gasteiger partial charge in [0.25, 0.3) is 0 Å². The molecule has 1 aliphatic carbocycles. The highest BCUT2D eigenvalue weighted by molar-refractivity contribution is 9.10. The SMILES string of the molecule is O=C1c2onc(Br)c2C(=O)c2c(O)ccc(O)c21. The lowest BCUT2D eigenvalue weighted by molar-refractivity contribution is 0.0950. The quantitative estimate of drug-likeness (QED) is 0.612. The molecule has 1 aromatic heterocycles. The van der Waals surface area contributed by atoms with E-state index in [1.54, 1.807) is 0 Å². The normalized spacial score (nSPS) is 13.4. The summed E-state index contributed by atoms with van der Waals surface area (Å²) in [4.78, 5) is 24.2. The number of ketones is 2. The van der Waals surface area contributed by atoms with Gasteiger partial charge in [0, 0.05) is 0 Å². The Morgan fingerprint density at radius 2 is 1.56 bits per heavy atom. The standard InChI is InChI=1S/C11H4BrNO5/c12-11-7-8(16)5-3(14)1-2-4(15)6(5)9(17)10(7)18-13-11/h1-2,14-15H. The summed E-state index contributed by atoms with van der Waals surface area (Å²) in [5, 5.41) is 22.8. The van der Waals surface area contributed by atoms with Gasteiger partial charge in [0.15, 0.2) is 4.60 Å². The summed E-state index contributed by atoms with van der Waals surface area (Å²) < 4.78 is 4.85. The molecule has 1 aliphatic rings. The van der Waals surface area contributed by atoms with Gasteiger partial charge in [-0.25, -0.2) is 0 Å². The van der Waals surface area contributed by atoms with E-state index in [2.05, 4.69) is 21.1 Å². The fraction of sp³-hybridized carbons (Fsp3) is 0. The molecule has 0 saturated heterocycles. The molecule has 6 nitrogen and oxygen atoms in total. The molecule has 0 unspecified atom stereocenters. The lowest BCUT2D eigenvalue weighted by Gasteiger charge is -2.14. The minimum Gasteiger partial charge on any atom is -0.507 e. The fourth-order valence-corrected chi connectivity index (χ4v) is 2.33. The van der Waals surface area contributed by atoms with Crippen LogP contribution in [0.5, 0.6) is 11.5 Å². The molecule has 0 radical (unpaired) electrons. The van der Waals surface area contributed by atoms with Gasteiger partial charge in [0.05, 0.1) is 11.1 Å². The second kappa shape index (κ2) is 3.42. The van der Waals surface area contributed by atoms with Crippen LogP contribution in [0.25, 0.3) is 0 Å². The number of phenols is 2. The van der Waals surface area contributed by atoms with Crippen LogP contribution in [0.2, 0.25) is 0 Å². The number of halogens is 1. The number of rotatable bonds is 0. The average Bonchev–Trinajstić information content (AvgIpc) is 2.72. The van der Waals surface area contributed by atoms with Gasteiger partial charge in [-0.3, -0.25) is 9.59 Å². The number of carbonyl (C=O) groups is 2. The van der Waals surface area contributed by atoms with Gasteiger partial charge in [-0.1, -0.05) is 5.16 Å². The van der Waals surface area contributed by atoms with Gasteiger partial charge >= 0.3 is 0 Å². The molecular weight excluding hydrogens is 306 g/mol. The van der Waals surface area contributed by atoms with Gasteiger partial charge < -0.3 is 14.7 Å². The van der Waals surface area contributed by atoms with Crippen LogP contribution < -0.4 is 0 Å². The Hall–Kier alpha value is -2.15. The van der Waals surface area contributed by atoms with E-state index in [9.17, 15) is 19.8 Å². The zero-order valence-electron chi connectivity index (χ0n) is 8.60. The molecule has 90 valence electrons. The summed E-state index contributed by atoms with van der Waals surface area (Å²) in [5.74, 6) is -2.33. The Morgan fingerprint density at radius 1 is 1.00 bits per heavy atom. The highest BCUT2D eigenvalue weighted by atomic mass is 79.9. The first kappa shape index (κ1) is 11.0. The molecule has 3 rings (SSSR count). The van der Waals surface area contributed by atoms with Crippen LogP contribution in [0.15, 0.2) is 21.3 Å². The molecule has 7 heteroatoms. The summed E-state index contributed by atoms with van der Waals surface area (Å²) in [5.41, 5.74) is -0.555. The molecular formula is C11H4BrNO5. The molecule has 0 atom stereocenters. The maximum Gasteiger partial charge on any atom is 0.236 e. The maximum absolute atomic E-state index is 12.2. The van der Waals surface area contributed by atoms with Crippen molar-refractivity contribution in [1.82, 2.24) is 5.16 Å². The smallest absolute Gasteiger partial charge is 0.236 e. The first-order valence-corrected chi connectivity index (χ1v) is 5.61. The average molecular weight is 310 g/mol. The molecule has 18 heavy (non-hydrogen) atoms. The van der Waals surface area contributed by atoms with Gasteiger partial charge in [-0.2, -0.15) is 0 Å². The maximum atomic E-state index is 12.2. The first-order chi connectivity index (χ1) is 8.52. The lowest BCUT2D eigenvalue weighted by Crippen LogP contribution is -2.19. The van der Waals surface area contributed by atoms with E-state index in [1.807, 2.05) is 0 Å². The summed E-state index contributed by atoms with van der Waals surface area (Å²) in [6.07, 6.45) is 0. The molecule has 0 spiro atoms. The third-order valence-corrected chi connectivity index (χ3v) is 3.24. The van der Waals surface area contributed by atoms with E-state index in [0.29, 0.717) is 0 Å². The fourth-order valence-electron chi connectivity index (χ4n) is 1.90. The number of nitrogens with zero attached hydrogens (tertiary/aromatic N) is 1. The molecule has 0 aliphatic heterocycles. The molecule has 1 aromatic carbocycles. The van der Waals surface area contributed by atoms with E-state index >= 15 is 0 Å². The summed E-state index contributed by atoms with van der Waals surface area (Å²) >= 11 is 2.99. The Balaban J connectivity index is 2.42. The Bertz CT molecular complexity index is 718. The van der Waals surface area contributed by atoms with Gasteiger partial charge in [-0.15, -0.1) is 0 Å². The molecule has 0 amide bonds. The number of benzene rings is 1. The molecule has 2 aromatic rings. The van der Waals surface area contributed by atoms with Crippen molar-refractivity contribution in [3.8, 4) is 11.5 Å². The number of carbonyl (C=O) groups excluding carboxylic acids is 2. The van der Waals surface area contributed by atoms with E-state index in [1.165, 1.54) is 0 Å². The third-order valence-electron chi connectivity index (χ3n) is 2.70.